The standard InChI is InChI=1S/C20H31F2N3O3.HI/c1-3-23-20(24-9-5-10-26-14-17-6-4-11-27-17)25-13-16-12-15(2)7-8-18(16)28-19(21)22;/h7-8,12,17,19H,3-6,9-11,13-14H2,1-2H3,(H2,23,24,25);1H. The third-order valence-corrected chi connectivity index (χ3v) is 4.27. The summed E-state index contributed by atoms with van der Waals surface area (Å²) >= 11 is 0. The van der Waals surface area contributed by atoms with E-state index in [9.17, 15) is 8.78 Å². The maximum atomic E-state index is 12.6. The average Bonchev–Trinajstić information content (AvgIpc) is 3.17. The number of guanidine groups is 1. The maximum Gasteiger partial charge on any atom is 0.387 e. The van der Waals surface area contributed by atoms with Gasteiger partial charge in [-0.15, -0.1) is 24.0 Å². The quantitative estimate of drug-likeness (QED) is 0.198. The molecule has 1 atom stereocenters. The highest BCUT2D eigenvalue weighted by Gasteiger charge is 2.15. The topological polar surface area (TPSA) is 64.1 Å². The third kappa shape index (κ3) is 10.4. The van der Waals surface area contributed by atoms with Crippen LogP contribution >= 0.6 is 24.0 Å². The summed E-state index contributed by atoms with van der Waals surface area (Å²) in [7, 11) is 0. The lowest BCUT2D eigenvalue weighted by molar-refractivity contribution is -0.0504. The molecule has 0 saturated carbocycles. The molecule has 2 rings (SSSR count). The summed E-state index contributed by atoms with van der Waals surface area (Å²) in [6, 6.07) is 5.10. The van der Waals surface area contributed by atoms with Crippen LogP contribution in [0.1, 0.15) is 37.3 Å². The molecule has 1 saturated heterocycles. The molecule has 29 heavy (non-hydrogen) atoms. The number of benzene rings is 1. The van der Waals surface area contributed by atoms with Crippen LogP contribution in [-0.4, -0.2) is 51.6 Å². The first-order valence-corrected chi connectivity index (χ1v) is 9.84. The zero-order chi connectivity index (χ0) is 20.2. The van der Waals surface area contributed by atoms with Gasteiger partial charge in [0.15, 0.2) is 5.96 Å². The lowest BCUT2D eigenvalue weighted by atomic mass is 10.1. The highest BCUT2D eigenvalue weighted by atomic mass is 127. The molecule has 1 heterocycles. The number of hydrogen-bond acceptors (Lipinski definition) is 4. The van der Waals surface area contributed by atoms with Crippen molar-refractivity contribution in [3.05, 3.63) is 29.3 Å². The number of hydrogen-bond donors (Lipinski definition) is 2. The van der Waals surface area contributed by atoms with Crippen LogP contribution in [0, 0.1) is 6.92 Å². The van der Waals surface area contributed by atoms with E-state index < -0.39 is 6.61 Å². The molecule has 1 aliphatic heterocycles. The molecular formula is C20H32F2IN3O3. The van der Waals surface area contributed by atoms with E-state index in [0.717, 1.165) is 31.4 Å². The van der Waals surface area contributed by atoms with E-state index in [1.54, 1.807) is 12.1 Å². The van der Waals surface area contributed by atoms with Gasteiger partial charge in [-0.2, -0.15) is 8.78 Å². The predicted molar refractivity (Wildman–Crippen MR) is 120 cm³/mol. The minimum absolute atomic E-state index is 0. The van der Waals surface area contributed by atoms with Gasteiger partial charge < -0.3 is 24.8 Å². The van der Waals surface area contributed by atoms with Gasteiger partial charge in [-0.25, -0.2) is 4.99 Å². The molecule has 6 nitrogen and oxygen atoms in total. The number of halogens is 3. The molecule has 9 heteroatoms. The van der Waals surface area contributed by atoms with Crippen LogP contribution in [0.5, 0.6) is 5.75 Å². The minimum Gasteiger partial charge on any atom is -0.434 e. The van der Waals surface area contributed by atoms with E-state index in [1.165, 1.54) is 0 Å². The fourth-order valence-corrected chi connectivity index (χ4v) is 2.92. The number of rotatable bonds is 11. The Balaban J connectivity index is 0.00000420. The molecule has 0 spiro atoms. The summed E-state index contributed by atoms with van der Waals surface area (Å²) in [6.07, 6.45) is 3.27. The highest BCUT2D eigenvalue weighted by molar-refractivity contribution is 14.0. The first kappa shape index (κ1) is 25.8. The summed E-state index contributed by atoms with van der Waals surface area (Å²) in [5.41, 5.74) is 1.59. The van der Waals surface area contributed by atoms with Crippen LogP contribution in [-0.2, 0) is 16.0 Å². The lowest BCUT2D eigenvalue weighted by Crippen LogP contribution is -2.38. The largest absolute Gasteiger partial charge is 0.434 e. The fraction of sp³-hybridized carbons (Fsp3) is 0.650. The zero-order valence-corrected chi connectivity index (χ0v) is 19.4. The van der Waals surface area contributed by atoms with Gasteiger partial charge >= 0.3 is 6.61 Å². The maximum absolute atomic E-state index is 12.6. The van der Waals surface area contributed by atoms with Gasteiger partial charge in [0.2, 0.25) is 0 Å². The second kappa shape index (κ2) is 14.7. The highest BCUT2D eigenvalue weighted by Crippen LogP contribution is 2.22. The summed E-state index contributed by atoms with van der Waals surface area (Å²) < 4.78 is 40.9. The predicted octanol–water partition coefficient (Wildman–Crippen LogP) is 3.86. The van der Waals surface area contributed by atoms with E-state index in [-0.39, 0.29) is 42.4 Å². The normalized spacial score (nSPS) is 16.6. The number of aliphatic imine (C=N–C) groups is 1. The Labute approximate surface area is 188 Å². The number of nitrogens with one attached hydrogen (secondary N) is 2. The molecule has 2 N–H and O–H groups in total. The van der Waals surface area contributed by atoms with E-state index >= 15 is 0 Å². The molecule has 0 aliphatic carbocycles. The SMILES string of the molecule is CCNC(=NCc1cc(C)ccc1OC(F)F)NCCCOCC1CCCO1.I. The van der Waals surface area contributed by atoms with Crippen molar-refractivity contribution in [1.29, 1.82) is 0 Å². The molecule has 1 aromatic carbocycles. The first-order chi connectivity index (χ1) is 13.6. The molecule has 166 valence electrons. The Morgan fingerprint density at radius 3 is 2.86 bits per heavy atom. The van der Waals surface area contributed by atoms with Crippen molar-refractivity contribution in [2.75, 3.05) is 32.9 Å². The van der Waals surface area contributed by atoms with Crippen molar-refractivity contribution in [2.24, 2.45) is 4.99 Å². The number of ether oxygens (including phenoxy) is 3. The molecule has 0 amide bonds. The Morgan fingerprint density at radius 1 is 1.34 bits per heavy atom. The van der Waals surface area contributed by atoms with Crippen molar-refractivity contribution >= 4 is 29.9 Å². The second-order valence-corrected chi connectivity index (χ2v) is 6.68. The number of aryl methyl sites for hydroxylation is 1. The van der Waals surface area contributed by atoms with Gasteiger partial charge in [-0.1, -0.05) is 17.7 Å². The van der Waals surface area contributed by atoms with Crippen LogP contribution < -0.4 is 15.4 Å². The Kier molecular flexibility index (Phi) is 13.1. The molecule has 0 aromatic heterocycles. The zero-order valence-electron chi connectivity index (χ0n) is 17.1. The van der Waals surface area contributed by atoms with E-state index in [4.69, 9.17) is 9.47 Å². The van der Waals surface area contributed by atoms with Crippen LogP contribution in [0.3, 0.4) is 0 Å². The van der Waals surface area contributed by atoms with Gasteiger partial charge in [0.05, 0.1) is 19.3 Å². The molecule has 1 aliphatic rings. The Hall–Kier alpha value is -1.20. The summed E-state index contributed by atoms with van der Waals surface area (Å²) in [5.74, 6) is 0.786. The van der Waals surface area contributed by atoms with Crippen LogP contribution in [0.25, 0.3) is 0 Å². The molecule has 1 aromatic rings. The van der Waals surface area contributed by atoms with Crippen molar-refractivity contribution < 1.29 is 23.0 Å². The monoisotopic (exact) mass is 527 g/mol. The molecule has 1 fully saturated rings. The second-order valence-electron chi connectivity index (χ2n) is 6.68. The van der Waals surface area contributed by atoms with Gasteiger partial charge in [0.1, 0.15) is 5.75 Å². The van der Waals surface area contributed by atoms with Crippen molar-refractivity contribution in [2.45, 2.75) is 52.4 Å². The van der Waals surface area contributed by atoms with Crippen molar-refractivity contribution in [1.82, 2.24) is 10.6 Å². The van der Waals surface area contributed by atoms with Crippen LogP contribution in [0.2, 0.25) is 0 Å². The van der Waals surface area contributed by atoms with Crippen LogP contribution in [0.15, 0.2) is 23.2 Å². The van der Waals surface area contributed by atoms with E-state index in [2.05, 4.69) is 20.4 Å². The van der Waals surface area contributed by atoms with Gasteiger partial charge in [-0.3, -0.25) is 0 Å². The molecule has 0 bridgehead atoms. The summed E-state index contributed by atoms with van der Waals surface area (Å²) in [5, 5.41) is 6.39. The molecule has 0 radical (unpaired) electrons. The Bertz CT molecular complexity index is 615. The number of nitrogens with zero attached hydrogens (tertiary/aromatic N) is 1. The number of alkyl halides is 2. The molecule has 1 unspecified atom stereocenters. The first-order valence-electron chi connectivity index (χ1n) is 9.84. The van der Waals surface area contributed by atoms with E-state index in [0.29, 0.717) is 37.8 Å². The lowest BCUT2D eigenvalue weighted by Gasteiger charge is -2.14. The van der Waals surface area contributed by atoms with Crippen molar-refractivity contribution in [3.63, 3.8) is 0 Å². The Morgan fingerprint density at radius 2 is 2.17 bits per heavy atom. The molecular weight excluding hydrogens is 495 g/mol. The van der Waals surface area contributed by atoms with Crippen LogP contribution in [0.4, 0.5) is 8.78 Å². The van der Waals surface area contributed by atoms with Gasteiger partial charge in [0, 0.05) is 31.9 Å². The summed E-state index contributed by atoms with van der Waals surface area (Å²) in [4.78, 5) is 4.48. The van der Waals surface area contributed by atoms with Gasteiger partial charge in [-0.05, 0) is 39.2 Å². The van der Waals surface area contributed by atoms with Gasteiger partial charge in [0.25, 0.3) is 0 Å². The fourth-order valence-electron chi connectivity index (χ4n) is 2.92. The average molecular weight is 527 g/mol. The minimum atomic E-state index is -2.86. The smallest absolute Gasteiger partial charge is 0.387 e. The summed E-state index contributed by atoms with van der Waals surface area (Å²) in [6.45, 7) is 4.80. The van der Waals surface area contributed by atoms with Crippen molar-refractivity contribution in [3.8, 4) is 5.75 Å². The van der Waals surface area contributed by atoms with E-state index in [1.807, 2.05) is 19.9 Å². The third-order valence-electron chi connectivity index (χ3n) is 4.27.